The highest BCUT2D eigenvalue weighted by Crippen LogP contribution is 2.19. The van der Waals surface area contributed by atoms with Crippen LogP contribution in [0.5, 0.6) is 5.75 Å². The summed E-state index contributed by atoms with van der Waals surface area (Å²) in [7, 11) is 1.61. The number of hydrogen-bond acceptors (Lipinski definition) is 5. The number of hydrogen-bond donors (Lipinski definition) is 1. The molecule has 3 rings (SSSR count). The number of rotatable bonds is 7. The fraction of sp³-hybridized carbons (Fsp3) is 0.238. The molecule has 6 heteroatoms. The van der Waals surface area contributed by atoms with Crippen LogP contribution in [0.1, 0.15) is 23.0 Å². The first-order valence-corrected chi connectivity index (χ1v) is 8.67. The second kappa shape index (κ2) is 8.40. The monoisotopic (exact) mass is 367 g/mol. The van der Waals surface area contributed by atoms with E-state index >= 15 is 0 Å². The van der Waals surface area contributed by atoms with Crippen molar-refractivity contribution in [3.63, 3.8) is 0 Å². The van der Waals surface area contributed by atoms with Gasteiger partial charge in [-0.15, -0.1) is 0 Å². The van der Waals surface area contributed by atoms with Crippen molar-refractivity contribution in [3.8, 4) is 5.75 Å². The number of para-hydroxylation sites is 1. The molecule has 6 nitrogen and oxygen atoms in total. The summed E-state index contributed by atoms with van der Waals surface area (Å²) in [5.41, 5.74) is 1.67. The molecule has 1 N–H and O–H groups in total. The number of nitrogens with one attached hydrogen (secondary N) is 1. The normalized spacial score (nSPS) is 11.8. The molecule has 2 aromatic carbocycles. The Labute approximate surface area is 157 Å². The van der Waals surface area contributed by atoms with Gasteiger partial charge in [0.2, 0.25) is 5.76 Å². The largest absolute Gasteiger partial charge is 0.497 e. The van der Waals surface area contributed by atoms with Crippen LogP contribution in [0.25, 0.3) is 11.0 Å². The SMILES string of the molecule is COc1ccc(CCNC(=O)[C@H](C)OC(=O)c2cc3ccccc3o2)cc1. The molecule has 140 valence electrons. The zero-order valence-electron chi connectivity index (χ0n) is 15.2. The average molecular weight is 367 g/mol. The van der Waals surface area contributed by atoms with Gasteiger partial charge in [0.25, 0.3) is 5.91 Å². The standard InChI is InChI=1S/C21H21NO5/c1-14(20(23)22-12-11-15-7-9-17(25-2)10-8-15)26-21(24)19-13-16-5-3-4-6-18(16)27-19/h3-10,13-14H,11-12H2,1-2H3,(H,22,23)/t14-/m0/s1. The third kappa shape index (κ3) is 4.67. The molecule has 0 bridgehead atoms. The van der Waals surface area contributed by atoms with Crippen LogP contribution in [-0.2, 0) is 16.0 Å². The third-order valence-corrected chi connectivity index (χ3v) is 4.15. The van der Waals surface area contributed by atoms with E-state index in [1.54, 1.807) is 19.2 Å². The molecule has 1 heterocycles. The summed E-state index contributed by atoms with van der Waals surface area (Å²) in [6, 6.07) is 16.5. The van der Waals surface area contributed by atoms with Crippen LogP contribution in [0.3, 0.4) is 0 Å². The Hall–Kier alpha value is -3.28. The van der Waals surface area contributed by atoms with Crippen LogP contribution in [-0.4, -0.2) is 31.6 Å². The van der Waals surface area contributed by atoms with E-state index < -0.39 is 12.1 Å². The maximum Gasteiger partial charge on any atom is 0.375 e. The summed E-state index contributed by atoms with van der Waals surface area (Å²) in [5.74, 6) is -0.153. The number of carbonyl (C=O) groups excluding carboxylic acids is 2. The lowest BCUT2D eigenvalue weighted by Gasteiger charge is -2.12. The Kier molecular flexibility index (Phi) is 5.76. The molecule has 0 aliphatic carbocycles. The summed E-state index contributed by atoms with van der Waals surface area (Å²) >= 11 is 0. The maximum atomic E-state index is 12.2. The van der Waals surface area contributed by atoms with Crippen LogP contribution in [0.4, 0.5) is 0 Å². The molecule has 0 aliphatic heterocycles. The number of esters is 1. The predicted molar refractivity (Wildman–Crippen MR) is 101 cm³/mol. The van der Waals surface area contributed by atoms with E-state index in [0.717, 1.165) is 16.7 Å². The lowest BCUT2D eigenvalue weighted by atomic mass is 10.1. The zero-order chi connectivity index (χ0) is 19.2. The van der Waals surface area contributed by atoms with Gasteiger partial charge in [-0.2, -0.15) is 0 Å². The highest BCUT2D eigenvalue weighted by atomic mass is 16.6. The summed E-state index contributed by atoms with van der Waals surface area (Å²) in [5, 5.41) is 3.57. The number of benzene rings is 2. The summed E-state index contributed by atoms with van der Waals surface area (Å²) < 4.78 is 15.8. The van der Waals surface area contributed by atoms with Crippen LogP contribution in [0.2, 0.25) is 0 Å². The van der Waals surface area contributed by atoms with Crippen molar-refractivity contribution >= 4 is 22.8 Å². The zero-order valence-corrected chi connectivity index (χ0v) is 15.2. The van der Waals surface area contributed by atoms with Gasteiger partial charge < -0.3 is 19.2 Å². The molecule has 0 fully saturated rings. The molecule has 0 unspecified atom stereocenters. The minimum atomic E-state index is -0.915. The second-order valence-corrected chi connectivity index (χ2v) is 6.09. The van der Waals surface area contributed by atoms with Crippen molar-refractivity contribution in [2.24, 2.45) is 0 Å². The number of amides is 1. The molecule has 0 saturated carbocycles. The number of methoxy groups -OCH3 is 1. The van der Waals surface area contributed by atoms with E-state index in [4.69, 9.17) is 13.9 Å². The molecule has 0 radical (unpaired) electrons. The average Bonchev–Trinajstić information content (AvgIpc) is 3.13. The fourth-order valence-electron chi connectivity index (χ4n) is 2.62. The van der Waals surface area contributed by atoms with E-state index in [-0.39, 0.29) is 11.7 Å². The molecular formula is C21H21NO5. The van der Waals surface area contributed by atoms with Gasteiger partial charge in [0.05, 0.1) is 7.11 Å². The lowest BCUT2D eigenvalue weighted by molar-refractivity contribution is -0.129. The molecular weight excluding hydrogens is 346 g/mol. The molecule has 0 saturated heterocycles. The summed E-state index contributed by atoms with van der Waals surface area (Å²) in [6.45, 7) is 1.97. The van der Waals surface area contributed by atoms with Gasteiger partial charge >= 0.3 is 5.97 Å². The first-order valence-electron chi connectivity index (χ1n) is 8.67. The van der Waals surface area contributed by atoms with Crippen molar-refractivity contribution < 1.29 is 23.5 Å². The van der Waals surface area contributed by atoms with Gasteiger partial charge in [0.1, 0.15) is 11.3 Å². The van der Waals surface area contributed by atoms with Gasteiger partial charge in [-0.25, -0.2) is 4.79 Å². The van der Waals surface area contributed by atoms with E-state index in [1.165, 1.54) is 6.92 Å². The number of furan rings is 1. The molecule has 1 atom stereocenters. The highest BCUT2D eigenvalue weighted by molar-refractivity contribution is 5.94. The van der Waals surface area contributed by atoms with E-state index in [9.17, 15) is 9.59 Å². The quantitative estimate of drug-likeness (QED) is 0.648. The molecule has 1 aromatic heterocycles. The predicted octanol–water partition coefficient (Wildman–Crippen LogP) is 3.35. The smallest absolute Gasteiger partial charge is 0.375 e. The Bertz CT molecular complexity index is 896. The Balaban J connectivity index is 1.48. The first-order chi connectivity index (χ1) is 13.1. The Morgan fingerprint density at radius 3 is 2.56 bits per heavy atom. The first kappa shape index (κ1) is 18.5. The van der Waals surface area contributed by atoms with Gasteiger partial charge in [-0.05, 0) is 43.2 Å². The van der Waals surface area contributed by atoms with Crippen LogP contribution in [0.15, 0.2) is 59.0 Å². The topological polar surface area (TPSA) is 77.8 Å². The summed E-state index contributed by atoms with van der Waals surface area (Å²) in [6.07, 6.45) is -0.249. The summed E-state index contributed by atoms with van der Waals surface area (Å²) in [4.78, 5) is 24.3. The molecule has 0 aliphatic rings. The van der Waals surface area contributed by atoms with Crippen LogP contribution >= 0.6 is 0 Å². The number of fused-ring (bicyclic) bond motifs is 1. The number of ether oxygens (including phenoxy) is 2. The highest BCUT2D eigenvalue weighted by Gasteiger charge is 2.21. The van der Waals surface area contributed by atoms with Crippen LogP contribution < -0.4 is 10.1 Å². The maximum absolute atomic E-state index is 12.2. The minimum Gasteiger partial charge on any atom is -0.497 e. The van der Waals surface area contributed by atoms with Crippen molar-refractivity contribution in [2.45, 2.75) is 19.4 Å². The van der Waals surface area contributed by atoms with Crippen molar-refractivity contribution in [1.29, 1.82) is 0 Å². The molecule has 0 spiro atoms. The third-order valence-electron chi connectivity index (χ3n) is 4.15. The second-order valence-electron chi connectivity index (χ2n) is 6.09. The van der Waals surface area contributed by atoms with Crippen molar-refractivity contribution in [3.05, 3.63) is 65.9 Å². The van der Waals surface area contributed by atoms with E-state index in [1.807, 2.05) is 42.5 Å². The van der Waals surface area contributed by atoms with E-state index in [0.29, 0.717) is 18.5 Å². The number of carbonyl (C=O) groups is 2. The Morgan fingerprint density at radius 1 is 1.11 bits per heavy atom. The van der Waals surface area contributed by atoms with Gasteiger partial charge in [0, 0.05) is 11.9 Å². The van der Waals surface area contributed by atoms with Gasteiger partial charge in [-0.3, -0.25) is 4.79 Å². The molecule has 3 aromatic rings. The van der Waals surface area contributed by atoms with Crippen molar-refractivity contribution in [1.82, 2.24) is 5.32 Å². The minimum absolute atomic E-state index is 0.0779. The molecule has 27 heavy (non-hydrogen) atoms. The fourth-order valence-corrected chi connectivity index (χ4v) is 2.62. The van der Waals surface area contributed by atoms with E-state index in [2.05, 4.69) is 5.32 Å². The van der Waals surface area contributed by atoms with Crippen LogP contribution in [0, 0.1) is 0 Å². The molecule has 1 amide bonds. The Morgan fingerprint density at radius 2 is 1.85 bits per heavy atom. The van der Waals surface area contributed by atoms with Gasteiger partial charge in [-0.1, -0.05) is 30.3 Å². The lowest BCUT2D eigenvalue weighted by Crippen LogP contribution is -2.36. The van der Waals surface area contributed by atoms with Crippen molar-refractivity contribution in [2.75, 3.05) is 13.7 Å². The van der Waals surface area contributed by atoms with Gasteiger partial charge in [0.15, 0.2) is 6.10 Å².